The summed E-state index contributed by atoms with van der Waals surface area (Å²) in [6, 6.07) is 5.05. The topological polar surface area (TPSA) is 111 Å². The first-order chi connectivity index (χ1) is 10.2. The van der Waals surface area contributed by atoms with E-state index in [0.717, 1.165) is 0 Å². The van der Waals surface area contributed by atoms with Gasteiger partial charge in [-0.05, 0) is 12.1 Å². The van der Waals surface area contributed by atoms with Crippen LogP contribution in [0.2, 0.25) is 0 Å². The molecule has 21 heavy (non-hydrogen) atoms. The molecule has 0 aliphatic heterocycles. The normalized spacial score (nSPS) is 9.86. The van der Waals surface area contributed by atoms with E-state index in [1.165, 1.54) is 19.5 Å². The molecule has 0 aliphatic rings. The van der Waals surface area contributed by atoms with Gasteiger partial charge in [0.25, 0.3) is 5.91 Å². The third-order valence-corrected chi connectivity index (χ3v) is 2.67. The van der Waals surface area contributed by atoms with Crippen LogP contribution in [-0.4, -0.2) is 30.1 Å². The first-order valence-electron chi connectivity index (χ1n) is 6.00. The highest BCUT2D eigenvalue weighted by molar-refractivity contribution is 6.02. The molecule has 0 atom stereocenters. The molecule has 8 nitrogen and oxygen atoms in total. The van der Waals surface area contributed by atoms with Gasteiger partial charge in [-0.3, -0.25) is 4.79 Å². The number of carbonyl (C=O) groups excluding carboxylic acids is 1. The Morgan fingerprint density at radius 2 is 1.90 bits per heavy atom. The molecule has 0 aliphatic carbocycles. The number of hydrogen-bond acceptors (Lipinski definition) is 7. The Morgan fingerprint density at radius 1 is 1.14 bits per heavy atom. The summed E-state index contributed by atoms with van der Waals surface area (Å²) in [5.41, 5.74) is 3.06. The van der Waals surface area contributed by atoms with Gasteiger partial charge < -0.3 is 20.2 Å². The molecule has 0 fully saturated rings. The van der Waals surface area contributed by atoms with Crippen LogP contribution in [0.3, 0.4) is 0 Å². The number of benzene rings is 1. The average Bonchev–Trinajstić information content (AvgIpc) is 2.54. The summed E-state index contributed by atoms with van der Waals surface area (Å²) < 4.78 is 10.3. The predicted molar refractivity (Wildman–Crippen MR) is 77.3 cm³/mol. The average molecular weight is 289 g/mol. The van der Waals surface area contributed by atoms with Crippen molar-refractivity contribution in [2.24, 2.45) is 5.84 Å². The lowest BCUT2D eigenvalue weighted by molar-refractivity contribution is 0.102. The van der Waals surface area contributed by atoms with E-state index < -0.39 is 5.91 Å². The predicted octanol–water partition coefficient (Wildman–Crippen LogP) is 1.03. The Kier molecular flexibility index (Phi) is 4.52. The maximum atomic E-state index is 12.0. The summed E-state index contributed by atoms with van der Waals surface area (Å²) in [7, 11) is 3.06. The molecule has 0 radical (unpaired) electrons. The zero-order valence-electron chi connectivity index (χ0n) is 11.6. The van der Waals surface area contributed by atoms with Crippen molar-refractivity contribution < 1.29 is 14.3 Å². The Morgan fingerprint density at radius 3 is 2.48 bits per heavy atom. The largest absolute Gasteiger partial charge is 0.493 e. The van der Waals surface area contributed by atoms with E-state index in [4.69, 9.17) is 15.3 Å². The molecule has 4 N–H and O–H groups in total. The van der Waals surface area contributed by atoms with Gasteiger partial charge in [-0.2, -0.15) is 0 Å². The van der Waals surface area contributed by atoms with Crippen molar-refractivity contribution >= 4 is 17.4 Å². The molecule has 1 amide bonds. The summed E-state index contributed by atoms with van der Waals surface area (Å²) in [5, 5.41) is 2.69. The van der Waals surface area contributed by atoms with Gasteiger partial charge in [0.2, 0.25) is 0 Å². The second-order valence-electron chi connectivity index (χ2n) is 3.96. The lowest BCUT2D eigenvalue weighted by Gasteiger charge is -2.10. The summed E-state index contributed by atoms with van der Waals surface area (Å²) >= 11 is 0. The molecule has 1 heterocycles. The number of amides is 1. The molecule has 2 aromatic rings. The number of methoxy groups -OCH3 is 2. The Labute approximate surface area is 121 Å². The molecule has 0 spiro atoms. The fraction of sp³-hybridized carbons (Fsp3) is 0.154. The van der Waals surface area contributed by atoms with Crippen molar-refractivity contribution in [3.05, 3.63) is 36.3 Å². The zero-order valence-corrected chi connectivity index (χ0v) is 11.6. The molecule has 8 heteroatoms. The van der Waals surface area contributed by atoms with E-state index in [2.05, 4.69) is 20.7 Å². The van der Waals surface area contributed by atoms with Crippen LogP contribution in [0.4, 0.5) is 11.5 Å². The number of nitrogen functional groups attached to an aromatic ring is 1. The molecule has 0 saturated heterocycles. The van der Waals surface area contributed by atoms with Crippen LogP contribution in [0.25, 0.3) is 0 Å². The number of aromatic nitrogens is 2. The van der Waals surface area contributed by atoms with Crippen molar-refractivity contribution in [1.82, 2.24) is 9.97 Å². The first-order valence-corrected chi connectivity index (χ1v) is 6.00. The lowest BCUT2D eigenvalue weighted by Crippen LogP contribution is -2.15. The highest BCUT2D eigenvalue weighted by Crippen LogP contribution is 2.29. The quantitative estimate of drug-likeness (QED) is 0.556. The van der Waals surface area contributed by atoms with Gasteiger partial charge in [0.1, 0.15) is 5.69 Å². The second kappa shape index (κ2) is 6.53. The van der Waals surface area contributed by atoms with Gasteiger partial charge in [0.15, 0.2) is 17.3 Å². The molecule has 2 rings (SSSR count). The van der Waals surface area contributed by atoms with Gasteiger partial charge in [-0.15, -0.1) is 0 Å². The molecule has 1 aromatic carbocycles. The van der Waals surface area contributed by atoms with E-state index in [1.807, 2.05) is 0 Å². The molecule has 110 valence electrons. The SMILES string of the molecule is COc1ccc(NC(=O)c2cnc(NN)cn2)cc1OC. The number of anilines is 2. The second-order valence-corrected chi connectivity index (χ2v) is 3.96. The molecule has 0 bridgehead atoms. The number of hydrogen-bond donors (Lipinski definition) is 3. The minimum atomic E-state index is -0.390. The number of ether oxygens (including phenoxy) is 2. The molecular weight excluding hydrogens is 274 g/mol. The van der Waals surface area contributed by atoms with Crippen molar-refractivity contribution in [2.75, 3.05) is 25.0 Å². The standard InChI is InChI=1S/C13H15N5O3/c1-20-10-4-3-8(5-11(10)21-2)17-13(19)9-6-16-12(18-14)7-15-9/h3-7H,14H2,1-2H3,(H,16,18)(H,17,19). The summed E-state index contributed by atoms with van der Waals surface area (Å²) in [6.07, 6.45) is 2.69. The highest BCUT2D eigenvalue weighted by Gasteiger charge is 2.10. The lowest BCUT2D eigenvalue weighted by atomic mass is 10.2. The summed E-state index contributed by atoms with van der Waals surface area (Å²) in [4.78, 5) is 19.9. The summed E-state index contributed by atoms with van der Waals surface area (Å²) in [5.74, 6) is 6.26. The zero-order chi connectivity index (χ0) is 15.2. The Hall–Kier alpha value is -2.87. The van der Waals surface area contributed by atoms with Crippen LogP contribution in [0.1, 0.15) is 10.5 Å². The van der Waals surface area contributed by atoms with Crippen molar-refractivity contribution in [3.8, 4) is 11.5 Å². The monoisotopic (exact) mass is 289 g/mol. The number of rotatable bonds is 5. The van der Waals surface area contributed by atoms with Gasteiger partial charge in [0, 0.05) is 11.8 Å². The molecule has 1 aromatic heterocycles. The van der Waals surface area contributed by atoms with Crippen LogP contribution in [-0.2, 0) is 0 Å². The van der Waals surface area contributed by atoms with Crippen molar-refractivity contribution in [1.29, 1.82) is 0 Å². The number of hydrazine groups is 1. The van der Waals surface area contributed by atoms with E-state index >= 15 is 0 Å². The third kappa shape index (κ3) is 3.37. The minimum Gasteiger partial charge on any atom is -0.493 e. The van der Waals surface area contributed by atoms with E-state index in [0.29, 0.717) is 23.0 Å². The van der Waals surface area contributed by atoms with Crippen LogP contribution in [0.15, 0.2) is 30.6 Å². The van der Waals surface area contributed by atoms with Gasteiger partial charge in [0.05, 0.1) is 26.6 Å². The van der Waals surface area contributed by atoms with Gasteiger partial charge in [-0.25, -0.2) is 15.8 Å². The number of carbonyl (C=O) groups is 1. The fourth-order valence-corrected chi connectivity index (χ4v) is 1.63. The highest BCUT2D eigenvalue weighted by atomic mass is 16.5. The van der Waals surface area contributed by atoms with Crippen molar-refractivity contribution in [2.45, 2.75) is 0 Å². The third-order valence-electron chi connectivity index (χ3n) is 2.67. The molecule has 0 saturated carbocycles. The van der Waals surface area contributed by atoms with Crippen LogP contribution in [0.5, 0.6) is 11.5 Å². The fourth-order valence-electron chi connectivity index (χ4n) is 1.63. The number of nitrogens with zero attached hydrogens (tertiary/aromatic N) is 2. The van der Waals surface area contributed by atoms with E-state index in [-0.39, 0.29) is 5.69 Å². The van der Waals surface area contributed by atoms with Crippen LogP contribution < -0.4 is 26.1 Å². The maximum Gasteiger partial charge on any atom is 0.275 e. The number of nitrogens with one attached hydrogen (secondary N) is 2. The molecule has 0 unspecified atom stereocenters. The molecular formula is C13H15N5O3. The van der Waals surface area contributed by atoms with Gasteiger partial charge in [-0.1, -0.05) is 0 Å². The number of nitrogens with two attached hydrogens (primary N) is 1. The van der Waals surface area contributed by atoms with Crippen LogP contribution in [0, 0.1) is 0 Å². The Balaban J connectivity index is 2.14. The maximum absolute atomic E-state index is 12.0. The summed E-state index contributed by atoms with van der Waals surface area (Å²) in [6.45, 7) is 0. The first kappa shape index (κ1) is 14.5. The van der Waals surface area contributed by atoms with E-state index in [1.54, 1.807) is 25.3 Å². The Bertz CT molecular complexity index is 630. The minimum absolute atomic E-state index is 0.170. The van der Waals surface area contributed by atoms with E-state index in [9.17, 15) is 4.79 Å². The van der Waals surface area contributed by atoms with Gasteiger partial charge >= 0.3 is 0 Å². The smallest absolute Gasteiger partial charge is 0.275 e. The van der Waals surface area contributed by atoms with Crippen LogP contribution >= 0.6 is 0 Å². The van der Waals surface area contributed by atoms with Crippen molar-refractivity contribution in [3.63, 3.8) is 0 Å².